The van der Waals surface area contributed by atoms with Gasteiger partial charge in [0.1, 0.15) is 11.6 Å². The Labute approximate surface area is 112 Å². The summed E-state index contributed by atoms with van der Waals surface area (Å²) in [6.07, 6.45) is 0. The van der Waals surface area contributed by atoms with Gasteiger partial charge in [-0.15, -0.1) is 0 Å². The lowest BCUT2D eigenvalue weighted by Gasteiger charge is -2.03. The van der Waals surface area contributed by atoms with Crippen LogP contribution in [0.25, 0.3) is 11.0 Å². The van der Waals surface area contributed by atoms with E-state index in [1.165, 1.54) is 0 Å². The molecular formula is C14H8F2N4. The second kappa shape index (κ2) is 4.63. The third-order valence-electron chi connectivity index (χ3n) is 2.79. The summed E-state index contributed by atoms with van der Waals surface area (Å²) < 4.78 is 26.6. The van der Waals surface area contributed by atoms with E-state index in [9.17, 15) is 8.78 Å². The Bertz CT molecular complexity index is 833. The van der Waals surface area contributed by atoms with Crippen LogP contribution in [0.15, 0.2) is 36.4 Å². The first-order valence-electron chi connectivity index (χ1n) is 5.77. The fourth-order valence-corrected chi connectivity index (χ4v) is 1.86. The highest BCUT2D eigenvalue weighted by atomic mass is 19.1. The molecule has 0 fully saturated rings. The van der Waals surface area contributed by atoms with Gasteiger partial charge in [0.2, 0.25) is 5.95 Å². The van der Waals surface area contributed by atoms with Crippen LogP contribution in [-0.2, 0) is 0 Å². The topological polar surface area (TPSA) is 64.5 Å². The van der Waals surface area contributed by atoms with Gasteiger partial charge in [0.15, 0.2) is 0 Å². The number of nitriles is 1. The SMILES string of the molecule is N#Cc1ccc2nc(Nc3cc(F)ccc3F)[nH]c2c1. The van der Waals surface area contributed by atoms with Crippen molar-refractivity contribution in [1.29, 1.82) is 5.26 Å². The molecule has 3 rings (SSSR count). The zero-order chi connectivity index (χ0) is 14.1. The first-order chi connectivity index (χ1) is 9.65. The maximum Gasteiger partial charge on any atom is 0.205 e. The van der Waals surface area contributed by atoms with Crippen LogP contribution in [0.3, 0.4) is 0 Å². The molecule has 4 nitrogen and oxygen atoms in total. The van der Waals surface area contributed by atoms with E-state index in [4.69, 9.17) is 5.26 Å². The number of hydrogen-bond acceptors (Lipinski definition) is 3. The number of hydrogen-bond donors (Lipinski definition) is 2. The smallest absolute Gasteiger partial charge is 0.205 e. The van der Waals surface area contributed by atoms with Gasteiger partial charge in [0.05, 0.1) is 28.4 Å². The van der Waals surface area contributed by atoms with Crippen LogP contribution < -0.4 is 5.32 Å². The van der Waals surface area contributed by atoms with Crippen molar-refractivity contribution in [1.82, 2.24) is 9.97 Å². The molecule has 0 aliphatic carbocycles. The van der Waals surface area contributed by atoms with Gasteiger partial charge in [0.25, 0.3) is 0 Å². The first-order valence-corrected chi connectivity index (χ1v) is 5.77. The maximum absolute atomic E-state index is 13.5. The molecule has 0 saturated heterocycles. The monoisotopic (exact) mass is 270 g/mol. The van der Waals surface area contributed by atoms with Crippen molar-refractivity contribution in [3.8, 4) is 6.07 Å². The fourth-order valence-electron chi connectivity index (χ4n) is 1.86. The van der Waals surface area contributed by atoms with Gasteiger partial charge in [-0.25, -0.2) is 13.8 Å². The van der Waals surface area contributed by atoms with Gasteiger partial charge in [-0.05, 0) is 30.3 Å². The summed E-state index contributed by atoms with van der Waals surface area (Å²) in [5.41, 5.74) is 1.75. The second-order valence-electron chi connectivity index (χ2n) is 4.18. The summed E-state index contributed by atoms with van der Waals surface area (Å²) in [6.45, 7) is 0. The number of halogens is 2. The Morgan fingerprint density at radius 1 is 1.15 bits per heavy atom. The van der Waals surface area contributed by atoms with Crippen molar-refractivity contribution in [2.75, 3.05) is 5.32 Å². The van der Waals surface area contributed by atoms with Crippen LogP contribution >= 0.6 is 0 Å². The van der Waals surface area contributed by atoms with Crippen molar-refractivity contribution in [3.63, 3.8) is 0 Å². The minimum absolute atomic E-state index is 0.00966. The zero-order valence-corrected chi connectivity index (χ0v) is 10.1. The summed E-state index contributed by atoms with van der Waals surface area (Å²) in [5.74, 6) is -0.846. The van der Waals surface area contributed by atoms with E-state index in [1.807, 2.05) is 6.07 Å². The number of rotatable bonds is 2. The van der Waals surface area contributed by atoms with Crippen LogP contribution in [0.2, 0.25) is 0 Å². The fraction of sp³-hybridized carbons (Fsp3) is 0. The molecule has 0 atom stereocenters. The van der Waals surface area contributed by atoms with E-state index in [0.29, 0.717) is 16.6 Å². The predicted octanol–water partition coefficient (Wildman–Crippen LogP) is 3.46. The molecule has 0 saturated carbocycles. The molecule has 0 aliphatic rings. The largest absolute Gasteiger partial charge is 0.324 e. The first kappa shape index (κ1) is 12.1. The molecule has 6 heteroatoms. The number of nitrogens with one attached hydrogen (secondary N) is 2. The lowest BCUT2D eigenvalue weighted by Crippen LogP contribution is -1.96. The van der Waals surface area contributed by atoms with Crippen molar-refractivity contribution in [2.24, 2.45) is 0 Å². The quantitative estimate of drug-likeness (QED) is 0.749. The molecule has 0 aliphatic heterocycles. The van der Waals surface area contributed by atoms with Crippen LogP contribution in [0.1, 0.15) is 5.56 Å². The van der Waals surface area contributed by atoms with E-state index in [1.54, 1.807) is 18.2 Å². The highest BCUT2D eigenvalue weighted by Gasteiger charge is 2.08. The predicted molar refractivity (Wildman–Crippen MR) is 70.4 cm³/mol. The standard InChI is InChI=1S/C14H8F2N4/c15-9-2-3-10(16)12(6-9)19-14-18-11-4-1-8(7-17)5-13(11)20-14/h1-6H,(H2,18,19,20). The molecule has 3 aromatic rings. The highest BCUT2D eigenvalue weighted by molar-refractivity contribution is 5.79. The lowest BCUT2D eigenvalue weighted by atomic mass is 10.2. The number of imidazole rings is 1. The average Bonchev–Trinajstić information content (AvgIpc) is 2.84. The summed E-state index contributed by atoms with van der Waals surface area (Å²) in [5, 5.41) is 11.5. The number of benzene rings is 2. The normalized spacial score (nSPS) is 10.4. The van der Waals surface area contributed by atoms with Gasteiger partial charge >= 0.3 is 0 Å². The number of anilines is 2. The van der Waals surface area contributed by atoms with Gasteiger partial charge in [-0.1, -0.05) is 0 Å². The summed E-state index contributed by atoms with van der Waals surface area (Å²) in [6, 6.07) is 10.1. The van der Waals surface area contributed by atoms with Crippen LogP contribution in [0.4, 0.5) is 20.4 Å². The van der Waals surface area contributed by atoms with Crippen LogP contribution in [-0.4, -0.2) is 9.97 Å². The summed E-state index contributed by atoms with van der Waals surface area (Å²) in [4.78, 5) is 7.09. The number of H-pyrrole nitrogens is 1. The summed E-state index contributed by atoms with van der Waals surface area (Å²) >= 11 is 0. The number of nitrogens with zero attached hydrogens (tertiary/aromatic N) is 2. The molecule has 1 aromatic heterocycles. The Morgan fingerprint density at radius 3 is 2.80 bits per heavy atom. The number of aromatic nitrogens is 2. The molecular weight excluding hydrogens is 262 g/mol. The minimum atomic E-state index is -0.579. The molecule has 0 bridgehead atoms. The van der Waals surface area contributed by atoms with Gasteiger partial charge < -0.3 is 10.3 Å². The Hall–Kier alpha value is -2.94. The van der Waals surface area contributed by atoms with E-state index < -0.39 is 11.6 Å². The van der Waals surface area contributed by atoms with Gasteiger partial charge in [-0.2, -0.15) is 5.26 Å². The molecule has 0 spiro atoms. The van der Waals surface area contributed by atoms with E-state index in [2.05, 4.69) is 15.3 Å². The minimum Gasteiger partial charge on any atom is -0.324 e. The Balaban J connectivity index is 1.99. The highest BCUT2D eigenvalue weighted by Crippen LogP contribution is 2.22. The summed E-state index contributed by atoms with van der Waals surface area (Å²) in [7, 11) is 0. The van der Waals surface area contributed by atoms with Crippen LogP contribution in [0, 0.1) is 23.0 Å². The number of aromatic amines is 1. The molecule has 0 amide bonds. The lowest BCUT2D eigenvalue weighted by molar-refractivity contribution is 0.603. The molecule has 2 aromatic carbocycles. The third kappa shape index (κ3) is 2.17. The molecule has 0 radical (unpaired) electrons. The Kier molecular flexibility index (Phi) is 2.80. The van der Waals surface area contributed by atoms with E-state index >= 15 is 0 Å². The van der Waals surface area contributed by atoms with Gasteiger partial charge in [0, 0.05) is 6.07 Å². The Morgan fingerprint density at radius 2 is 2.00 bits per heavy atom. The average molecular weight is 270 g/mol. The van der Waals surface area contributed by atoms with Crippen molar-refractivity contribution >= 4 is 22.7 Å². The van der Waals surface area contributed by atoms with Crippen LogP contribution in [0.5, 0.6) is 0 Å². The molecule has 98 valence electrons. The van der Waals surface area contributed by atoms with Crippen molar-refractivity contribution in [3.05, 3.63) is 53.6 Å². The van der Waals surface area contributed by atoms with E-state index in [0.717, 1.165) is 18.2 Å². The van der Waals surface area contributed by atoms with Gasteiger partial charge in [-0.3, -0.25) is 0 Å². The molecule has 1 heterocycles. The van der Waals surface area contributed by atoms with E-state index in [-0.39, 0.29) is 11.6 Å². The number of fused-ring (bicyclic) bond motifs is 1. The maximum atomic E-state index is 13.5. The molecule has 0 unspecified atom stereocenters. The van der Waals surface area contributed by atoms with Crippen molar-refractivity contribution in [2.45, 2.75) is 0 Å². The zero-order valence-electron chi connectivity index (χ0n) is 10.1. The van der Waals surface area contributed by atoms with Crippen molar-refractivity contribution < 1.29 is 8.78 Å². The second-order valence-corrected chi connectivity index (χ2v) is 4.18. The molecule has 20 heavy (non-hydrogen) atoms. The third-order valence-corrected chi connectivity index (χ3v) is 2.79. The molecule has 2 N–H and O–H groups in total.